The van der Waals surface area contributed by atoms with Gasteiger partial charge in [0, 0.05) is 17.7 Å². The summed E-state index contributed by atoms with van der Waals surface area (Å²) in [5.41, 5.74) is 5.14. The standard InChI is InChI=1S/C31H38N6O2.C2H6.2C2H2/c1-6-16-32-20-28-34-25-15-12-23(18-26(25)35-28)9-8-22-10-13-24(14-11-22)27-19-33-29(36-27)21-37(17-7-2)30(38)39-31(3,4)5;3*1-2/h10-15,18-19,32H,6-7,16-17,20-21H2,1-5H3,(H,33,36)(H,34,35);1-2H3;2*1-2H. The molecule has 0 saturated carbocycles. The van der Waals surface area contributed by atoms with Gasteiger partial charge >= 0.3 is 6.09 Å². The van der Waals surface area contributed by atoms with E-state index < -0.39 is 5.60 Å². The van der Waals surface area contributed by atoms with Crippen molar-refractivity contribution < 1.29 is 9.53 Å². The summed E-state index contributed by atoms with van der Waals surface area (Å²) >= 11 is 0. The van der Waals surface area contributed by atoms with Gasteiger partial charge in [-0.05, 0) is 76.1 Å². The predicted octanol–water partition coefficient (Wildman–Crippen LogP) is 7.52. The highest BCUT2D eigenvalue weighted by Crippen LogP contribution is 2.19. The summed E-state index contributed by atoms with van der Waals surface area (Å²) in [6.07, 6.45) is 19.4. The zero-order valence-corrected chi connectivity index (χ0v) is 27.8. The third-order valence-electron chi connectivity index (χ3n) is 5.91. The van der Waals surface area contributed by atoms with Crippen LogP contribution in [-0.4, -0.2) is 49.6 Å². The molecule has 4 rings (SSSR count). The van der Waals surface area contributed by atoms with Crippen molar-refractivity contribution in [2.24, 2.45) is 0 Å². The largest absolute Gasteiger partial charge is 0.444 e. The Balaban J connectivity index is 0.00000159. The minimum absolute atomic E-state index is 0.332. The first-order chi connectivity index (χ1) is 21.7. The molecule has 2 heterocycles. The minimum atomic E-state index is -0.539. The first kappa shape index (κ1) is 38.1. The number of terminal acetylenes is 2. The highest BCUT2D eigenvalue weighted by atomic mass is 16.6. The zero-order chi connectivity index (χ0) is 33.8. The van der Waals surface area contributed by atoms with E-state index in [1.165, 1.54) is 0 Å². The smallest absolute Gasteiger partial charge is 0.410 e. The van der Waals surface area contributed by atoms with Crippen LogP contribution in [0.2, 0.25) is 0 Å². The Kier molecular flexibility index (Phi) is 17.0. The van der Waals surface area contributed by atoms with E-state index in [2.05, 4.69) is 69.7 Å². The van der Waals surface area contributed by atoms with Gasteiger partial charge in [-0.1, -0.05) is 51.7 Å². The Morgan fingerprint density at radius 2 is 1.58 bits per heavy atom. The molecule has 8 heteroatoms. The second-order valence-corrected chi connectivity index (χ2v) is 10.6. The molecular formula is C37H48N6O2. The van der Waals surface area contributed by atoms with E-state index in [4.69, 9.17) is 4.74 Å². The third kappa shape index (κ3) is 12.7. The van der Waals surface area contributed by atoms with E-state index in [0.717, 1.165) is 65.2 Å². The number of hydrogen-bond donors (Lipinski definition) is 3. The Morgan fingerprint density at radius 3 is 2.20 bits per heavy atom. The average Bonchev–Trinajstić information content (AvgIpc) is 3.69. The number of benzene rings is 2. The van der Waals surface area contributed by atoms with Gasteiger partial charge in [0.1, 0.15) is 17.2 Å². The van der Waals surface area contributed by atoms with Crippen LogP contribution in [0.25, 0.3) is 22.3 Å². The number of rotatable bonds is 9. The second kappa shape index (κ2) is 20.1. The maximum Gasteiger partial charge on any atom is 0.410 e. The molecule has 4 aromatic rings. The average molecular weight is 609 g/mol. The zero-order valence-electron chi connectivity index (χ0n) is 27.8. The summed E-state index contributed by atoms with van der Waals surface area (Å²) in [4.78, 5) is 30.1. The summed E-state index contributed by atoms with van der Waals surface area (Å²) in [5, 5.41) is 3.37. The monoisotopic (exact) mass is 608 g/mol. The van der Waals surface area contributed by atoms with Crippen LogP contribution in [0.15, 0.2) is 48.7 Å². The molecule has 0 saturated heterocycles. The number of fused-ring (bicyclic) bond motifs is 1. The lowest BCUT2D eigenvalue weighted by Gasteiger charge is -2.26. The fourth-order valence-corrected chi connectivity index (χ4v) is 4.09. The lowest BCUT2D eigenvalue weighted by Crippen LogP contribution is -2.37. The highest BCUT2D eigenvalue weighted by molar-refractivity contribution is 5.77. The van der Waals surface area contributed by atoms with Crippen LogP contribution in [0.3, 0.4) is 0 Å². The maximum atomic E-state index is 12.6. The number of aromatic amines is 2. The Hall–Kier alpha value is -4.97. The lowest BCUT2D eigenvalue weighted by molar-refractivity contribution is 0.0229. The number of amides is 1. The molecule has 3 N–H and O–H groups in total. The maximum absolute atomic E-state index is 12.6. The molecule has 0 unspecified atom stereocenters. The van der Waals surface area contributed by atoms with Gasteiger partial charge < -0.3 is 24.9 Å². The van der Waals surface area contributed by atoms with Crippen molar-refractivity contribution in [3.8, 4) is 48.8 Å². The van der Waals surface area contributed by atoms with Crippen LogP contribution in [0.1, 0.15) is 84.1 Å². The predicted molar refractivity (Wildman–Crippen MR) is 186 cm³/mol. The molecule has 0 spiro atoms. The Bertz CT molecular complexity index is 1540. The molecule has 2 aromatic heterocycles. The highest BCUT2D eigenvalue weighted by Gasteiger charge is 2.22. The molecule has 8 nitrogen and oxygen atoms in total. The van der Waals surface area contributed by atoms with Crippen molar-refractivity contribution in [3.63, 3.8) is 0 Å². The van der Waals surface area contributed by atoms with Gasteiger partial charge in [0.15, 0.2) is 0 Å². The minimum Gasteiger partial charge on any atom is -0.444 e. The molecule has 238 valence electrons. The van der Waals surface area contributed by atoms with Crippen molar-refractivity contribution in [2.45, 2.75) is 80.0 Å². The van der Waals surface area contributed by atoms with Crippen molar-refractivity contribution in [1.29, 1.82) is 0 Å². The summed E-state index contributed by atoms with van der Waals surface area (Å²) in [7, 11) is 0. The van der Waals surface area contributed by atoms with Crippen LogP contribution in [0.4, 0.5) is 4.79 Å². The molecule has 0 aliphatic rings. The second-order valence-electron chi connectivity index (χ2n) is 10.6. The SMILES string of the molecule is C#C.C#C.CC.CCCNCc1nc2ccc(C#Cc3ccc(-c4cnc(CN(CCC)C(=O)OC(C)(C)C)[nH]4)cc3)cc2[nH]1. The Morgan fingerprint density at radius 1 is 0.933 bits per heavy atom. The third-order valence-corrected chi connectivity index (χ3v) is 5.91. The number of nitrogens with zero attached hydrogens (tertiary/aromatic N) is 3. The van der Waals surface area contributed by atoms with Gasteiger partial charge in [-0.3, -0.25) is 0 Å². The quantitative estimate of drug-likeness (QED) is 0.135. The van der Waals surface area contributed by atoms with Gasteiger partial charge in [0.05, 0.1) is 36.0 Å². The van der Waals surface area contributed by atoms with Crippen LogP contribution in [0.5, 0.6) is 0 Å². The van der Waals surface area contributed by atoms with Gasteiger partial charge in [-0.25, -0.2) is 14.8 Å². The van der Waals surface area contributed by atoms with Gasteiger partial charge in [-0.15, -0.1) is 25.7 Å². The van der Waals surface area contributed by atoms with E-state index in [9.17, 15) is 4.79 Å². The fourth-order valence-electron chi connectivity index (χ4n) is 4.09. The normalized spacial score (nSPS) is 10.0. The summed E-state index contributed by atoms with van der Waals surface area (Å²) in [5.74, 6) is 8.15. The fraction of sp³-hybridized carbons (Fsp3) is 0.378. The van der Waals surface area contributed by atoms with E-state index >= 15 is 0 Å². The van der Waals surface area contributed by atoms with Gasteiger partial charge in [0.25, 0.3) is 0 Å². The summed E-state index contributed by atoms with van der Waals surface area (Å²) in [6.45, 7) is 16.5. The molecule has 0 fully saturated rings. The number of H-pyrrole nitrogens is 2. The number of imidazole rings is 2. The van der Waals surface area contributed by atoms with Crippen molar-refractivity contribution in [2.75, 3.05) is 13.1 Å². The van der Waals surface area contributed by atoms with Crippen LogP contribution >= 0.6 is 0 Å². The molecule has 2 aromatic carbocycles. The lowest BCUT2D eigenvalue weighted by atomic mass is 10.1. The molecule has 45 heavy (non-hydrogen) atoms. The number of carbonyl (C=O) groups excluding carboxylic acids is 1. The van der Waals surface area contributed by atoms with E-state index in [0.29, 0.717) is 18.9 Å². The van der Waals surface area contributed by atoms with Crippen LogP contribution < -0.4 is 5.32 Å². The molecule has 0 aliphatic carbocycles. The molecule has 0 bridgehead atoms. The number of carbonyl (C=O) groups is 1. The van der Waals surface area contributed by atoms with Crippen molar-refractivity contribution in [1.82, 2.24) is 30.2 Å². The van der Waals surface area contributed by atoms with Crippen LogP contribution in [-0.2, 0) is 17.8 Å². The van der Waals surface area contributed by atoms with Gasteiger partial charge in [-0.2, -0.15) is 0 Å². The molecular weight excluding hydrogens is 560 g/mol. The van der Waals surface area contributed by atoms with Crippen molar-refractivity contribution in [3.05, 3.63) is 71.4 Å². The topological polar surface area (TPSA) is 98.9 Å². The molecule has 1 amide bonds. The van der Waals surface area contributed by atoms with Gasteiger partial charge in [0.2, 0.25) is 0 Å². The first-order valence-electron chi connectivity index (χ1n) is 15.2. The van der Waals surface area contributed by atoms with Crippen LogP contribution in [0, 0.1) is 37.5 Å². The number of ether oxygens (including phenoxy) is 1. The first-order valence-corrected chi connectivity index (χ1v) is 15.2. The van der Waals surface area contributed by atoms with E-state index in [1.807, 2.05) is 84.0 Å². The number of aromatic nitrogens is 4. The number of nitrogens with one attached hydrogen (secondary N) is 3. The van der Waals surface area contributed by atoms with E-state index in [1.54, 1.807) is 11.1 Å². The molecule has 0 aliphatic heterocycles. The van der Waals surface area contributed by atoms with Crippen molar-refractivity contribution >= 4 is 17.1 Å². The van der Waals surface area contributed by atoms with E-state index in [-0.39, 0.29) is 6.09 Å². The Labute approximate surface area is 269 Å². The molecule has 0 radical (unpaired) electrons. The summed E-state index contributed by atoms with van der Waals surface area (Å²) < 4.78 is 5.55. The molecule has 0 atom stereocenters. The summed E-state index contributed by atoms with van der Waals surface area (Å²) in [6, 6.07) is 14.1. The number of hydrogen-bond acceptors (Lipinski definition) is 5.